The van der Waals surface area contributed by atoms with E-state index in [1.54, 1.807) is 12.1 Å². The molecule has 0 aliphatic heterocycles. The van der Waals surface area contributed by atoms with E-state index in [1.165, 1.54) is 43.5 Å². The molecule has 0 atom stereocenters. The minimum Gasteiger partial charge on any atom is -0.497 e. The monoisotopic (exact) mass is 392 g/mol. The van der Waals surface area contributed by atoms with E-state index in [1.807, 2.05) is 0 Å². The van der Waals surface area contributed by atoms with Gasteiger partial charge in [-0.1, -0.05) is 12.1 Å². The molecule has 0 aliphatic rings. The summed E-state index contributed by atoms with van der Waals surface area (Å²) in [5.74, 6) is -0.546. The summed E-state index contributed by atoms with van der Waals surface area (Å²) in [7, 11) is -2.23. The van der Waals surface area contributed by atoms with Crippen molar-refractivity contribution in [3.63, 3.8) is 0 Å². The Kier molecular flexibility index (Phi) is 6.91. The molecule has 144 valence electrons. The highest BCUT2D eigenvalue weighted by atomic mass is 32.2. The number of esters is 1. The van der Waals surface area contributed by atoms with Crippen LogP contribution in [0.25, 0.3) is 0 Å². The maximum atomic E-state index is 12.1. The first-order valence-corrected chi connectivity index (χ1v) is 9.48. The number of carbonyl (C=O) groups excluding carboxylic acids is 2. The predicted molar refractivity (Wildman–Crippen MR) is 97.6 cm³/mol. The molecule has 0 aliphatic carbocycles. The van der Waals surface area contributed by atoms with Crippen LogP contribution in [0.4, 0.5) is 0 Å². The molecule has 3 N–H and O–H groups in total. The normalized spacial score (nSPS) is 11.0. The average molecular weight is 392 g/mol. The largest absolute Gasteiger partial charge is 0.497 e. The van der Waals surface area contributed by atoms with Crippen LogP contribution in [-0.4, -0.2) is 33.9 Å². The SMILES string of the molecule is COc1ccc(S(=O)(=O)NCCC(=O)OCc2ccc(C(N)=O)cc2)cc1. The summed E-state index contributed by atoms with van der Waals surface area (Å²) in [6, 6.07) is 12.2. The third kappa shape index (κ3) is 6.08. The van der Waals surface area contributed by atoms with Crippen molar-refractivity contribution in [3.05, 3.63) is 59.7 Å². The van der Waals surface area contributed by atoms with Crippen molar-refractivity contribution >= 4 is 21.9 Å². The van der Waals surface area contributed by atoms with Crippen LogP contribution in [-0.2, 0) is 26.2 Å². The number of sulfonamides is 1. The summed E-state index contributed by atoms with van der Waals surface area (Å²) < 4.78 is 36.7. The highest BCUT2D eigenvalue weighted by molar-refractivity contribution is 7.89. The van der Waals surface area contributed by atoms with Crippen LogP contribution in [0.1, 0.15) is 22.3 Å². The van der Waals surface area contributed by atoms with Crippen LogP contribution in [0.5, 0.6) is 5.75 Å². The Balaban J connectivity index is 1.78. The molecule has 2 rings (SSSR count). The number of primary amides is 1. The third-order valence-corrected chi connectivity index (χ3v) is 5.11. The number of hydrogen-bond donors (Lipinski definition) is 2. The number of ether oxygens (including phenoxy) is 2. The molecule has 0 heterocycles. The standard InChI is InChI=1S/C18H20N2O6S/c1-25-15-6-8-16(9-7-15)27(23,24)20-11-10-17(21)26-12-13-2-4-14(5-3-13)18(19)22/h2-9,20H,10-12H2,1H3,(H2,19,22). The second-order valence-corrected chi connectivity index (χ2v) is 7.31. The molecule has 0 bridgehead atoms. The predicted octanol–water partition coefficient (Wildman–Crippen LogP) is 1.21. The van der Waals surface area contributed by atoms with Crippen molar-refractivity contribution in [3.8, 4) is 5.75 Å². The lowest BCUT2D eigenvalue weighted by atomic mass is 10.1. The first kappa shape index (κ1) is 20.4. The lowest BCUT2D eigenvalue weighted by Gasteiger charge is -2.08. The maximum Gasteiger partial charge on any atom is 0.307 e. The van der Waals surface area contributed by atoms with Gasteiger partial charge in [0.2, 0.25) is 15.9 Å². The zero-order valence-electron chi connectivity index (χ0n) is 14.7. The Bertz CT molecular complexity index is 892. The molecule has 2 aromatic carbocycles. The third-order valence-electron chi connectivity index (χ3n) is 3.63. The Morgan fingerprint density at radius 3 is 2.22 bits per heavy atom. The Hall–Kier alpha value is -2.91. The minimum atomic E-state index is -3.72. The van der Waals surface area contributed by atoms with Crippen molar-refractivity contribution in [2.75, 3.05) is 13.7 Å². The van der Waals surface area contributed by atoms with Crippen LogP contribution in [0.15, 0.2) is 53.4 Å². The number of nitrogens with one attached hydrogen (secondary N) is 1. The van der Waals surface area contributed by atoms with E-state index >= 15 is 0 Å². The van der Waals surface area contributed by atoms with Gasteiger partial charge in [-0.15, -0.1) is 0 Å². The van der Waals surface area contributed by atoms with Crippen LogP contribution in [0.3, 0.4) is 0 Å². The fraction of sp³-hybridized carbons (Fsp3) is 0.222. The first-order chi connectivity index (χ1) is 12.8. The van der Waals surface area contributed by atoms with E-state index in [0.29, 0.717) is 16.9 Å². The fourth-order valence-electron chi connectivity index (χ4n) is 2.13. The smallest absolute Gasteiger partial charge is 0.307 e. The van der Waals surface area contributed by atoms with Gasteiger partial charge >= 0.3 is 5.97 Å². The first-order valence-electron chi connectivity index (χ1n) is 8.00. The Labute approximate surface area is 157 Å². The van der Waals surface area contributed by atoms with Crippen LogP contribution < -0.4 is 15.2 Å². The van der Waals surface area contributed by atoms with Crippen molar-refractivity contribution in [1.82, 2.24) is 4.72 Å². The van der Waals surface area contributed by atoms with E-state index < -0.39 is 21.9 Å². The van der Waals surface area contributed by atoms with Gasteiger partial charge < -0.3 is 15.2 Å². The molecule has 0 spiro atoms. The van der Waals surface area contributed by atoms with Crippen LogP contribution in [0, 0.1) is 0 Å². The number of rotatable bonds is 9. The zero-order valence-corrected chi connectivity index (χ0v) is 15.5. The number of nitrogens with two attached hydrogens (primary N) is 1. The van der Waals surface area contributed by atoms with Gasteiger partial charge in [-0.2, -0.15) is 0 Å². The molecular weight excluding hydrogens is 372 g/mol. The van der Waals surface area contributed by atoms with Crippen molar-refractivity contribution in [2.24, 2.45) is 5.73 Å². The highest BCUT2D eigenvalue weighted by Gasteiger charge is 2.14. The lowest BCUT2D eigenvalue weighted by molar-refractivity contribution is -0.144. The number of carbonyl (C=O) groups is 2. The number of methoxy groups -OCH3 is 1. The molecule has 8 nitrogen and oxygen atoms in total. The van der Waals surface area contributed by atoms with Gasteiger partial charge in [0.1, 0.15) is 12.4 Å². The molecule has 0 radical (unpaired) electrons. The molecule has 2 aromatic rings. The molecule has 1 amide bonds. The van der Waals surface area contributed by atoms with Gasteiger partial charge in [0.05, 0.1) is 18.4 Å². The molecule has 0 fully saturated rings. The van der Waals surface area contributed by atoms with Gasteiger partial charge in [0, 0.05) is 12.1 Å². The lowest BCUT2D eigenvalue weighted by Crippen LogP contribution is -2.26. The minimum absolute atomic E-state index is 0.0170. The highest BCUT2D eigenvalue weighted by Crippen LogP contribution is 2.15. The van der Waals surface area contributed by atoms with Crippen molar-refractivity contribution in [2.45, 2.75) is 17.9 Å². The molecule has 0 saturated heterocycles. The van der Waals surface area contributed by atoms with Crippen molar-refractivity contribution in [1.29, 1.82) is 0 Å². The average Bonchev–Trinajstić information content (AvgIpc) is 2.66. The van der Waals surface area contributed by atoms with E-state index in [9.17, 15) is 18.0 Å². The summed E-state index contributed by atoms with van der Waals surface area (Å²) in [6.45, 7) is -0.0725. The number of amides is 1. The van der Waals surface area contributed by atoms with Gasteiger partial charge in [-0.25, -0.2) is 13.1 Å². The molecular formula is C18H20N2O6S. The van der Waals surface area contributed by atoms with Crippen molar-refractivity contribution < 1.29 is 27.5 Å². The van der Waals surface area contributed by atoms with Gasteiger partial charge in [0.15, 0.2) is 0 Å². The molecule has 27 heavy (non-hydrogen) atoms. The summed E-state index contributed by atoms with van der Waals surface area (Å²) in [5, 5.41) is 0. The summed E-state index contributed by atoms with van der Waals surface area (Å²) >= 11 is 0. The van der Waals surface area contributed by atoms with E-state index in [4.69, 9.17) is 15.2 Å². The summed E-state index contributed by atoms with van der Waals surface area (Å²) in [4.78, 5) is 22.8. The summed E-state index contributed by atoms with van der Waals surface area (Å²) in [5.41, 5.74) is 6.19. The van der Waals surface area contributed by atoms with E-state index in [2.05, 4.69) is 4.72 Å². The number of hydrogen-bond acceptors (Lipinski definition) is 6. The van der Waals surface area contributed by atoms with Gasteiger partial charge in [-0.05, 0) is 42.0 Å². The quantitative estimate of drug-likeness (QED) is 0.618. The van der Waals surface area contributed by atoms with Crippen LogP contribution >= 0.6 is 0 Å². The van der Waals surface area contributed by atoms with E-state index in [0.717, 1.165) is 0 Å². The van der Waals surface area contributed by atoms with Gasteiger partial charge in [-0.3, -0.25) is 9.59 Å². The van der Waals surface area contributed by atoms with E-state index in [-0.39, 0.29) is 24.5 Å². The van der Waals surface area contributed by atoms with Crippen LogP contribution in [0.2, 0.25) is 0 Å². The second kappa shape index (κ2) is 9.15. The van der Waals surface area contributed by atoms with Gasteiger partial charge in [0.25, 0.3) is 0 Å². The Morgan fingerprint density at radius 2 is 1.67 bits per heavy atom. The zero-order chi connectivity index (χ0) is 19.9. The molecule has 0 aromatic heterocycles. The fourth-order valence-corrected chi connectivity index (χ4v) is 3.16. The molecule has 0 saturated carbocycles. The maximum absolute atomic E-state index is 12.1. The Morgan fingerprint density at radius 1 is 1.04 bits per heavy atom. The molecule has 0 unspecified atom stereocenters. The number of benzene rings is 2. The second-order valence-electron chi connectivity index (χ2n) is 5.55. The summed E-state index contributed by atoms with van der Waals surface area (Å²) in [6.07, 6.45) is -0.116. The topological polar surface area (TPSA) is 125 Å². The molecule has 9 heteroatoms.